The Labute approximate surface area is 95.2 Å². The van der Waals surface area contributed by atoms with Crippen molar-refractivity contribution in [2.45, 2.75) is 13.3 Å². The van der Waals surface area contributed by atoms with Crippen LogP contribution >= 0.6 is 0 Å². The van der Waals surface area contributed by atoms with E-state index in [0.29, 0.717) is 6.54 Å². The number of carboxylic acid groups (broad SMARTS) is 1. The quantitative estimate of drug-likeness (QED) is 0.776. The molecule has 0 aliphatic rings. The summed E-state index contributed by atoms with van der Waals surface area (Å²) in [6, 6.07) is 7.57. The summed E-state index contributed by atoms with van der Waals surface area (Å²) in [5.41, 5.74) is 0.941. The van der Waals surface area contributed by atoms with Crippen LogP contribution in [-0.4, -0.2) is 24.7 Å². The Balaban J connectivity index is 2.44. The summed E-state index contributed by atoms with van der Waals surface area (Å²) < 4.78 is 5.09. The molecule has 1 aromatic carbocycles. The van der Waals surface area contributed by atoms with E-state index in [2.05, 4.69) is 5.32 Å². The normalized spacial score (nSPS) is 11.9. The van der Waals surface area contributed by atoms with Crippen molar-refractivity contribution in [1.29, 1.82) is 0 Å². The maximum atomic E-state index is 10.5. The van der Waals surface area contributed by atoms with Crippen molar-refractivity contribution in [1.82, 2.24) is 0 Å². The van der Waals surface area contributed by atoms with Crippen LogP contribution in [0, 0.1) is 5.92 Å². The van der Waals surface area contributed by atoms with Crippen molar-refractivity contribution < 1.29 is 14.6 Å². The molecule has 2 N–H and O–H groups in total. The number of carboxylic acids is 1. The molecule has 0 fully saturated rings. The zero-order valence-corrected chi connectivity index (χ0v) is 9.56. The SMILES string of the molecule is COc1cccc(NCC(C)CC(=O)O)c1. The van der Waals surface area contributed by atoms with Gasteiger partial charge in [0.1, 0.15) is 5.75 Å². The minimum absolute atomic E-state index is 0.101. The fraction of sp³-hybridized carbons (Fsp3) is 0.417. The zero-order chi connectivity index (χ0) is 12.0. The maximum absolute atomic E-state index is 10.5. The fourth-order valence-corrected chi connectivity index (χ4v) is 1.40. The van der Waals surface area contributed by atoms with Crippen LogP contribution in [0.2, 0.25) is 0 Å². The monoisotopic (exact) mass is 223 g/mol. The molecule has 0 spiro atoms. The van der Waals surface area contributed by atoms with Crippen molar-refractivity contribution >= 4 is 11.7 Å². The summed E-state index contributed by atoms with van der Waals surface area (Å²) in [6.45, 7) is 2.54. The molecule has 0 bridgehead atoms. The molecule has 16 heavy (non-hydrogen) atoms. The lowest BCUT2D eigenvalue weighted by Crippen LogP contribution is -2.14. The van der Waals surface area contributed by atoms with Crippen LogP contribution in [0.3, 0.4) is 0 Å². The highest BCUT2D eigenvalue weighted by Gasteiger charge is 2.07. The summed E-state index contributed by atoms with van der Waals surface area (Å²) in [7, 11) is 1.62. The van der Waals surface area contributed by atoms with Gasteiger partial charge in [-0.1, -0.05) is 13.0 Å². The molecule has 0 saturated heterocycles. The van der Waals surface area contributed by atoms with Crippen LogP contribution in [0.25, 0.3) is 0 Å². The number of anilines is 1. The van der Waals surface area contributed by atoms with Crippen molar-refractivity contribution in [2.24, 2.45) is 5.92 Å². The predicted octanol–water partition coefficient (Wildman–Crippen LogP) is 2.22. The third kappa shape index (κ3) is 4.21. The van der Waals surface area contributed by atoms with E-state index in [1.807, 2.05) is 31.2 Å². The van der Waals surface area contributed by atoms with Crippen molar-refractivity contribution in [2.75, 3.05) is 19.0 Å². The molecule has 4 nitrogen and oxygen atoms in total. The van der Waals surface area contributed by atoms with Gasteiger partial charge in [0, 0.05) is 24.7 Å². The minimum atomic E-state index is -0.764. The number of hydrogen-bond donors (Lipinski definition) is 2. The van der Waals surface area contributed by atoms with Crippen LogP contribution in [0.5, 0.6) is 5.75 Å². The topological polar surface area (TPSA) is 58.6 Å². The number of aliphatic carboxylic acids is 1. The number of benzene rings is 1. The number of rotatable bonds is 6. The predicted molar refractivity (Wildman–Crippen MR) is 62.9 cm³/mol. The first kappa shape index (κ1) is 12.4. The van der Waals surface area contributed by atoms with E-state index < -0.39 is 5.97 Å². The fourth-order valence-electron chi connectivity index (χ4n) is 1.40. The average Bonchev–Trinajstić information content (AvgIpc) is 2.26. The molecule has 0 aromatic heterocycles. The van der Waals surface area contributed by atoms with E-state index in [1.54, 1.807) is 7.11 Å². The molecule has 88 valence electrons. The second kappa shape index (κ2) is 6.00. The van der Waals surface area contributed by atoms with E-state index in [9.17, 15) is 4.79 Å². The van der Waals surface area contributed by atoms with Gasteiger partial charge in [-0.2, -0.15) is 0 Å². The van der Waals surface area contributed by atoms with Gasteiger partial charge in [0.05, 0.1) is 7.11 Å². The molecular weight excluding hydrogens is 206 g/mol. The minimum Gasteiger partial charge on any atom is -0.497 e. The van der Waals surface area contributed by atoms with Crippen LogP contribution in [0.1, 0.15) is 13.3 Å². The summed E-state index contributed by atoms with van der Waals surface area (Å²) in [5.74, 6) is 0.125. The molecule has 1 rings (SSSR count). The van der Waals surface area contributed by atoms with Gasteiger partial charge < -0.3 is 15.2 Å². The van der Waals surface area contributed by atoms with E-state index in [0.717, 1.165) is 11.4 Å². The first-order valence-corrected chi connectivity index (χ1v) is 5.21. The number of nitrogens with one attached hydrogen (secondary N) is 1. The zero-order valence-electron chi connectivity index (χ0n) is 9.56. The molecular formula is C12H17NO3. The summed E-state index contributed by atoms with van der Waals surface area (Å²) in [4.78, 5) is 10.5. The second-order valence-corrected chi connectivity index (χ2v) is 3.82. The first-order chi connectivity index (χ1) is 7.61. The molecule has 1 aromatic rings. The molecule has 0 saturated carbocycles. The maximum Gasteiger partial charge on any atom is 0.303 e. The number of hydrogen-bond acceptors (Lipinski definition) is 3. The number of carbonyl (C=O) groups is 1. The Kier molecular flexibility index (Phi) is 4.64. The summed E-state index contributed by atoms with van der Waals surface area (Å²) in [6.07, 6.45) is 0.178. The van der Waals surface area contributed by atoms with Gasteiger partial charge in [0.25, 0.3) is 0 Å². The van der Waals surface area contributed by atoms with Gasteiger partial charge in [-0.3, -0.25) is 4.79 Å². The molecule has 1 atom stereocenters. The second-order valence-electron chi connectivity index (χ2n) is 3.82. The van der Waals surface area contributed by atoms with E-state index >= 15 is 0 Å². The van der Waals surface area contributed by atoms with Gasteiger partial charge >= 0.3 is 5.97 Å². The van der Waals surface area contributed by atoms with Gasteiger partial charge in [-0.25, -0.2) is 0 Å². The van der Waals surface area contributed by atoms with Crippen LogP contribution in [0.4, 0.5) is 5.69 Å². The lowest BCUT2D eigenvalue weighted by Gasteiger charge is -2.12. The van der Waals surface area contributed by atoms with Gasteiger partial charge in [-0.05, 0) is 18.1 Å². The standard InChI is InChI=1S/C12H17NO3/c1-9(6-12(14)15)8-13-10-4-3-5-11(7-10)16-2/h3-5,7,9,13H,6,8H2,1-2H3,(H,14,15). The molecule has 0 aliphatic heterocycles. The average molecular weight is 223 g/mol. The number of methoxy groups -OCH3 is 1. The molecule has 0 aliphatic carbocycles. The number of ether oxygens (including phenoxy) is 1. The van der Waals surface area contributed by atoms with Crippen LogP contribution in [-0.2, 0) is 4.79 Å². The summed E-state index contributed by atoms with van der Waals surface area (Å²) >= 11 is 0. The molecule has 1 unspecified atom stereocenters. The van der Waals surface area contributed by atoms with Gasteiger partial charge in [0.15, 0.2) is 0 Å². The van der Waals surface area contributed by atoms with Gasteiger partial charge in [0.2, 0.25) is 0 Å². The largest absolute Gasteiger partial charge is 0.497 e. The summed E-state index contributed by atoms with van der Waals surface area (Å²) in [5, 5.41) is 11.8. The Hall–Kier alpha value is -1.71. The lowest BCUT2D eigenvalue weighted by atomic mass is 10.1. The Bertz CT molecular complexity index is 352. The Morgan fingerprint density at radius 2 is 2.31 bits per heavy atom. The van der Waals surface area contributed by atoms with Crippen LogP contribution in [0.15, 0.2) is 24.3 Å². The van der Waals surface area contributed by atoms with Crippen molar-refractivity contribution in [3.63, 3.8) is 0 Å². The van der Waals surface area contributed by atoms with Crippen LogP contribution < -0.4 is 10.1 Å². The highest BCUT2D eigenvalue weighted by atomic mass is 16.5. The highest BCUT2D eigenvalue weighted by molar-refractivity contribution is 5.67. The molecule has 0 amide bonds. The molecule has 0 radical (unpaired) electrons. The van der Waals surface area contributed by atoms with E-state index in [-0.39, 0.29) is 12.3 Å². The third-order valence-electron chi connectivity index (χ3n) is 2.25. The Morgan fingerprint density at radius 1 is 1.56 bits per heavy atom. The smallest absolute Gasteiger partial charge is 0.303 e. The highest BCUT2D eigenvalue weighted by Crippen LogP contribution is 2.17. The third-order valence-corrected chi connectivity index (χ3v) is 2.25. The van der Waals surface area contributed by atoms with Crippen molar-refractivity contribution in [3.8, 4) is 5.75 Å². The Morgan fingerprint density at radius 3 is 2.94 bits per heavy atom. The molecule has 4 heteroatoms. The van der Waals surface area contributed by atoms with Crippen molar-refractivity contribution in [3.05, 3.63) is 24.3 Å². The lowest BCUT2D eigenvalue weighted by molar-refractivity contribution is -0.137. The van der Waals surface area contributed by atoms with E-state index in [1.165, 1.54) is 0 Å². The molecule has 0 heterocycles. The van der Waals surface area contributed by atoms with E-state index in [4.69, 9.17) is 9.84 Å². The first-order valence-electron chi connectivity index (χ1n) is 5.21. The van der Waals surface area contributed by atoms with Gasteiger partial charge in [-0.15, -0.1) is 0 Å².